The standard InChI is InChI=1S/C20H20F3N7OS/c1-19(2)11-7-12(24-9-14(11)30(5)17(19)31)15-26-18(32-28-15)27-16-13(29(3)4)6-10(8-25-16)20(21,22)23/h6-9H,1-5H3,(H,25,26,27,28). The lowest BCUT2D eigenvalue weighted by atomic mass is 9.86. The summed E-state index contributed by atoms with van der Waals surface area (Å²) in [5.74, 6) is 0.544. The number of aromatic nitrogens is 4. The molecule has 0 spiro atoms. The number of anilines is 4. The fraction of sp³-hybridized carbons (Fsp3) is 0.350. The van der Waals surface area contributed by atoms with Gasteiger partial charge in [-0.2, -0.15) is 22.5 Å². The number of rotatable bonds is 4. The highest BCUT2D eigenvalue weighted by Gasteiger charge is 2.42. The summed E-state index contributed by atoms with van der Waals surface area (Å²) < 4.78 is 43.5. The van der Waals surface area contributed by atoms with E-state index in [4.69, 9.17) is 0 Å². The van der Waals surface area contributed by atoms with Gasteiger partial charge in [-0.15, -0.1) is 0 Å². The Morgan fingerprint density at radius 1 is 1.16 bits per heavy atom. The molecule has 3 aromatic heterocycles. The van der Waals surface area contributed by atoms with Gasteiger partial charge in [-0.3, -0.25) is 9.78 Å². The van der Waals surface area contributed by atoms with Gasteiger partial charge < -0.3 is 15.1 Å². The van der Waals surface area contributed by atoms with Crippen molar-refractivity contribution in [2.24, 2.45) is 0 Å². The first-order chi connectivity index (χ1) is 14.9. The summed E-state index contributed by atoms with van der Waals surface area (Å²) in [7, 11) is 4.96. The Morgan fingerprint density at radius 2 is 1.88 bits per heavy atom. The van der Waals surface area contributed by atoms with Gasteiger partial charge in [0.2, 0.25) is 11.0 Å². The summed E-state index contributed by atoms with van der Waals surface area (Å²) in [5, 5.41) is 3.29. The van der Waals surface area contributed by atoms with Crippen molar-refractivity contribution in [3.05, 3.63) is 35.7 Å². The molecule has 0 fully saturated rings. The van der Waals surface area contributed by atoms with Gasteiger partial charge in [0.1, 0.15) is 5.69 Å². The minimum absolute atomic E-state index is 0.0235. The zero-order chi connectivity index (χ0) is 23.4. The van der Waals surface area contributed by atoms with Gasteiger partial charge in [-0.25, -0.2) is 4.98 Å². The molecule has 1 aliphatic rings. The molecule has 0 aliphatic carbocycles. The number of carbonyl (C=O) groups excluding carboxylic acids is 1. The van der Waals surface area contributed by atoms with Crippen molar-refractivity contribution < 1.29 is 18.0 Å². The zero-order valence-corrected chi connectivity index (χ0v) is 18.8. The molecule has 3 aromatic rings. The molecule has 1 N–H and O–H groups in total. The van der Waals surface area contributed by atoms with E-state index in [0.29, 0.717) is 16.6 Å². The third-order valence-corrected chi connectivity index (χ3v) is 5.94. The van der Waals surface area contributed by atoms with Gasteiger partial charge in [-0.05, 0) is 31.5 Å². The van der Waals surface area contributed by atoms with Crippen LogP contribution in [-0.4, -0.2) is 46.4 Å². The van der Waals surface area contributed by atoms with Crippen LogP contribution in [0.3, 0.4) is 0 Å². The van der Waals surface area contributed by atoms with Crippen LogP contribution in [0.4, 0.5) is 35.5 Å². The van der Waals surface area contributed by atoms with Crippen molar-refractivity contribution in [1.82, 2.24) is 19.3 Å². The molecule has 4 heterocycles. The highest BCUT2D eigenvalue weighted by Crippen LogP contribution is 2.41. The van der Waals surface area contributed by atoms with Gasteiger partial charge >= 0.3 is 6.18 Å². The first-order valence-corrected chi connectivity index (χ1v) is 10.3. The van der Waals surface area contributed by atoms with Crippen LogP contribution in [0.25, 0.3) is 11.5 Å². The number of likely N-dealkylation sites (N-methyl/N-ethyl adjacent to an activating group) is 1. The van der Waals surface area contributed by atoms with Crippen molar-refractivity contribution in [1.29, 1.82) is 0 Å². The minimum Gasteiger partial charge on any atom is -0.375 e. The largest absolute Gasteiger partial charge is 0.417 e. The number of alkyl halides is 3. The molecule has 0 radical (unpaired) electrons. The van der Waals surface area contributed by atoms with E-state index in [1.807, 2.05) is 13.8 Å². The van der Waals surface area contributed by atoms with E-state index in [2.05, 4.69) is 24.6 Å². The van der Waals surface area contributed by atoms with Crippen molar-refractivity contribution in [3.8, 4) is 11.5 Å². The van der Waals surface area contributed by atoms with Crippen LogP contribution in [0.5, 0.6) is 0 Å². The molecule has 1 aliphatic heterocycles. The molecule has 1 amide bonds. The Hall–Kier alpha value is -3.28. The maximum atomic E-state index is 13.0. The molecule has 0 aromatic carbocycles. The Labute approximate surface area is 186 Å². The van der Waals surface area contributed by atoms with Crippen LogP contribution >= 0.6 is 11.5 Å². The first-order valence-electron chi connectivity index (χ1n) is 9.54. The second kappa shape index (κ2) is 7.40. The second-order valence-electron chi connectivity index (χ2n) is 8.11. The molecule has 0 atom stereocenters. The molecule has 0 saturated carbocycles. The van der Waals surface area contributed by atoms with Gasteiger partial charge in [0.05, 0.1) is 28.6 Å². The number of pyridine rings is 2. The predicted molar refractivity (Wildman–Crippen MR) is 116 cm³/mol. The van der Waals surface area contributed by atoms with E-state index >= 15 is 0 Å². The van der Waals surface area contributed by atoms with Crippen LogP contribution < -0.4 is 15.1 Å². The van der Waals surface area contributed by atoms with E-state index in [9.17, 15) is 18.0 Å². The smallest absolute Gasteiger partial charge is 0.375 e. The van der Waals surface area contributed by atoms with E-state index < -0.39 is 17.2 Å². The van der Waals surface area contributed by atoms with Gasteiger partial charge in [0, 0.05) is 38.9 Å². The summed E-state index contributed by atoms with van der Waals surface area (Å²) in [4.78, 5) is 28.3. The first kappa shape index (κ1) is 21.9. The van der Waals surface area contributed by atoms with Crippen molar-refractivity contribution in [2.45, 2.75) is 25.4 Å². The Bertz CT molecular complexity index is 1210. The normalized spacial score (nSPS) is 15.1. The number of nitrogens with zero attached hydrogens (tertiary/aromatic N) is 6. The summed E-state index contributed by atoms with van der Waals surface area (Å²) in [6, 6.07) is 2.82. The van der Waals surface area contributed by atoms with Gasteiger partial charge in [0.15, 0.2) is 11.6 Å². The quantitative estimate of drug-likeness (QED) is 0.624. The molecule has 0 unspecified atom stereocenters. The summed E-state index contributed by atoms with van der Waals surface area (Å²) in [5.41, 5.74) is 0.798. The third kappa shape index (κ3) is 3.64. The number of carbonyl (C=O) groups is 1. The molecule has 0 saturated heterocycles. The molecule has 12 heteroatoms. The van der Waals surface area contributed by atoms with E-state index in [-0.39, 0.29) is 17.4 Å². The van der Waals surface area contributed by atoms with E-state index in [1.165, 1.54) is 4.90 Å². The number of halogens is 3. The van der Waals surface area contributed by atoms with Gasteiger partial charge in [-0.1, -0.05) is 0 Å². The van der Waals surface area contributed by atoms with Crippen LogP contribution in [0.15, 0.2) is 24.5 Å². The van der Waals surface area contributed by atoms with Crippen molar-refractivity contribution >= 4 is 39.8 Å². The number of hydrogen-bond acceptors (Lipinski definition) is 8. The average Bonchev–Trinajstić information content (AvgIpc) is 3.25. The molecule has 32 heavy (non-hydrogen) atoms. The van der Waals surface area contributed by atoms with Gasteiger partial charge in [0.25, 0.3) is 0 Å². The lowest BCUT2D eigenvalue weighted by molar-refractivity contribution is -0.137. The Morgan fingerprint density at radius 3 is 2.53 bits per heavy atom. The number of hydrogen-bond donors (Lipinski definition) is 1. The Kier molecular flexibility index (Phi) is 5.07. The van der Waals surface area contributed by atoms with E-state index in [1.54, 1.807) is 38.3 Å². The fourth-order valence-corrected chi connectivity index (χ4v) is 4.08. The van der Waals surface area contributed by atoms with Crippen LogP contribution in [0.2, 0.25) is 0 Å². The predicted octanol–water partition coefficient (Wildman–Crippen LogP) is 4.08. The lowest BCUT2D eigenvalue weighted by Gasteiger charge is -2.18. The van der Waals surface area contributed by atoms with Crippen LogP contribution in [-0.2, 0) is 16.4 Å². The highest BCUT2D eigenvalue weighted by molar-refractivity contribution is 7.09. The number of nitrogens with one attached hydrogen (secondary N) is 1. The molecular formula is C20H20F3N7OS. The average molecular weight is 463 g/mol. The topological polar surface area (TPSA) is 87.1 Å². The number of amides is 1. The summed E-state index contributed by atoms with van der Waals surface area (Å²) >= 11 is 1.03. The maximum absolute atomic E-state index is 13.0. The van der Waals surface area contributed by atoms with Crippen molar-refractivity contribution in [2.75, 3.05) is 36.3 Å². The van der Waals surface area contributed by atoms with Crippen molar-refractivity contribution in [3.63, 3.8) is 0 Å². The lowest BCUT2D eigenvalue weighted by Crippen LogP contribution is -2.33. The highest BCUT2D eigenvalue weighted by atomic mass is 32.1. The molecular weight excluding hydrogens is 443 g/mol. The summed E-state index contributed by atoms with van der Waals surface area (Å²) in [6.07, 6.45) is -2.10. The molecule has 0 bridgehead atoms. The Balaban J connectivity index is 1.64. The molecule has 168 valence electrons. The maximum Gasteiger partial charge on any atom is 0.417 e. The third-order valence-electron chi connectivity index (χ3n) is 5.31. The number of fused-ring (bicyclic) bond motifs is 1. The van der Waals surface area contributed by atoms with E-state index in [0.717, 1.165) is 35.0 Å². The minimum atomic E-state index is -4.49. The van der Waals surface area contributed by atoms with Crippen LogP contribution in [0, 0.1) is 0 Å². The SMILES string of the molecule is CN(C)c1cc(C(F)(F)F)cnc1Nc1nc(-c2cc3c(cn2)N(C)C(=O)C3(C)C)ns1. The molecule has 8 nitrogen and oxygen atoms in total. The summed E-state index contributed by atoms with van der Waals surface area (Å²) in [6.45, 7) is 3.70. The molecule has 4 rings (SSSR count). The fourth-order valence-electron chi connectivity index (χ4n) is 3.51. The van der Waals surface area contributed by atoms with Crippen LogP contribution in [0.1, 0.15) is 25.0 Å². The second-order valence-corrected chi connectivity index (χ2v) is 8.86. The zero-order valence-electron chi connectivity index (χ0n) is 17.9. The monoisotopic (exact) mass is 463 g/mol.